The van der Waals surface area contributed by atoms with Crippen molar-refractivity contribution in [1.82, 2.24) is 15.5 Å². The topological polar surface area (TPSA) is 44.4 Å². The molecular weight excluding hydrogens is 226 g/mol. The van der Waals surface area contributed by atoms with Gasteiger partial charge >= 0.3 is 0 Å². The summed E-state index contributed by atoms with van der Waals surface area (Å²) >= 11 is 0. The van der Waals surface area contributed by atoms with Gasteiger partial charge in [0.15, 0.2) is 0 Å². The molecule has 2 rings (SSSR count). The van der Waals surface area contributed by atoms with Crippen LogP contribution >= 0.6 is 0 Å². The van der Waals surface area contributed by atoms with Crippen molar-refractivity contribution in [3.8, 4) is 0 Å². The normalized spacial score (nSPS) is 30.8. The highest BCUT2D eigenvalue weighted by molar-refractivity contribution is 5.82. The number of amides is 1. The van der Waals surface area contributed by atoms with Gasteiger partial charge in [0.05, 0.1) is 6.04 Å². The summed E-state index contributed by atoms with van der Waals surface area (Å²) in [5.41, 5.74) is 0. The van der Waals surface area contributed by atoms with E-state index in [9.17, 15) is 4.79 Å². The average Bonchev–Trinajstić information content (AvgIpc) is 2.59. The van der Waals surface area contributed by atoms with Crippen LogP contribution in [0, 0.1) is 0 Å². The molecule has 104 valence electrons. The van der Waals surface area contributed by atoms with Gasteiger partial charge in [-0.15, -0.1) is 0 Å². The molecule has 0 saturated carbocycles. The second-order valence-corrected chi connectivity index (χ2v) is 5.62. The van der Waals surface area contributed by atoms with Crippen molar-refractivity contribution < 1.29 is 4.79 Å². The van der Waals surface area contributed by atoms with Crippen LogP contribution in [0.3, 0.4) is 0 Å². The molecule has 0 spiro atoms. The van der Waals surface area contributed by atoms with Crippen LogP contribution in [-0.4, -0.2) is 49.1 Å². The first-order valence-corrected chi connectivity index (χ1v) is 7.55. The van der Waals surface area contributed by atoms with Gasteiger partial charge < -0.3 is 15.5 Å². The number of nitrogens with zero attached hydrogens (tertiary/aromatic N) is 1. The van der Waals surface area contributed by atoms with Crippen LogP contribution < -0.4 is 10.6 Å². The lowest BCUT2D eigenvalue weighted by Crippen LogP contribution is -2.51. The summed E-state index contributed by atoms with van der Waals surface area (Å²) in [5, 5.41) is 6.53. The Labute approximate surface area is 110 Å². The zero-order chi connectivity index (χ0) is 12.8. The van der Waals surface area contributed by atoms with E-state index < -0.39 is 0 Å². The first-order valence-electron chi connectivity index (χ1n) is 7.55. The van der Waals surface area contributed by atoms with Crippen molar-refractivity contribution in [2.75, 3.05) is 26.2 Å². The van der Waals surface area contributed by atoms with Gasteiger partial charge in [-0.1, -0.05) is 6.92 Å². The van der Waals surface area contributed by atoms with Crippen molar-refractivity contribution in [2.24, 2.45) is 0 Å². The molecule has 2 saturated heterocycles. The molecule has 18 heavy (non-hydrogen) atoms. The quantitative estimate of drug-likeness (QED) is 0.789. The minimum atomic E-state index is 0.0569. The minimum absolute atomic E-state index is 0.0569. The number of carbonyl (C=O) groups excluding carboxylic acids is 1. The molecule has 0 aromatic carbocycles. The van der Waals surface area contributed by atoms with Crippen molar-refractivity contribution in [3.63, 3.8) is 0 Å². The van der Waals surface area contributed by atoms with Gasteiger partial charge in [-0.25, -0.2) is 0 Å². The lowest BCUT2D eigenvalue weighted by Gasteiger charge is -2.27. The van der Waals surface area contributed by atoms with Crippen LogP contribution in [0.1, 0.15) is 45.4 Å². The van der Waals surface area contributed by atoms with E-state index in [2.05, 4.69) is 22.5 Å². The summed E-state index contributed by atoms with van der Waals surface area (Å²) in [7, 11) is 0. The Kier molecular flexibility index (Phi) is 5.45. The molecule has 0 aromatic rings. The molecule has 2 heterocycles. The van der Waals surface area contributed by atoms with Crippen molar-refractivity contribution in [1.29, 1.82) is 0 Å². The maximum absolute atomic E-state index is 11.7. The number of hydrogen-bond acceptors (Lipinski definition) is 3. The van der Waals surface area contributed by atoms with Gasteiger partial charge in [-0.2, -0.15) is 0 Å². The summed E-state index contributed by atoms with van der Waals surface area (Å²) in [4.78, 5) is 14.3. The van der Waals surface area contributed by atoms with Gasteiger partial charge in [-0.05, 0) is 58.2 Å². The van der Waals surface area contributed by atoms with E-state index in [0.29, 0.717) is 6.04 Å². The summed E-state index contributed by atoms with van der Waals surface area (Å²) < 4.78 is 0. The lowest BCUT2D eigenvalue weighted by molar-refractivity contribution is -0.124. The van der Waals surface area contributed by atoms with E-state index in [-0.39, 0.29) is 11.9 Å². The Morgan fingerprint density at radius 2 is 2.17 bits per heavy atom. The van der Waals surface area contributed by atoms with Gasteiger partial charge in [0.25, 0.3) is 0 Å². The second-order valence-electron chi connectivity index (χ2n) is 5.62. The average molecular weight is 253 g/mol. The highest BCUT2D eigenvalue weighted by Gasteiger charge is 2.25. The zero-order valence-electron chi connectivity index (χ0n) is 11.6. The molecule has 2 atom stereocenters. The Hall–Kier alpha value is -0.610. The largest absolute Gasteiger partial charge is 0.355 e. The van der Waals surface area contributed by atoms with Gasteiger partial charge in [0, 0.05) is 12.6 Å². The fourth-order valence-electron chi connectivity index (χ4n) is 3.08. The Morgan fingerprint density at radius 1 is 1.28 bits per heavy atom. The summed E-state index contributed by atoms with van der Waals surface area (Å²) in [6, 6.07) is 0.585. The number of likely N-dealkylation sites (tertiary alicyclic amines) is 1. The van der Waals surface area contributed by atoms with E-state index in [1.54, 1.807) is 0 Å². The standard InChI is InChI=1S/C14H27N3O/c1-2-9-17-10-4-5-12(7-11-17)16-13-6-3-8-15-14(13)18/h12-13,16H,2-11H2,1H3,(H,15,18). The van der Waals surface area contributed by atoms with E-state index in [4.69, 9.17) is 0 Å². The molecule has 2 unspecified atom stereocenters. The highest BCUT2D eigenvalue weighted by atomic mass is 16.2. The van der Waals surface area contributed by atoms with Crippen LogP contribution in [0.25, 0.3) is 0 Å². The molecule has 0 aliphatic carbocycles. The highest BCUT2D eigenvalue weighted by Crippen LogP contribution is 2.14. The lowest BCUT2D eigenvalue weighted by atomic mass is 10.0. The minimum Gasteiger partial charge on any atom is -0.355 e. The molecule has 2 aliphatic rings. The maximum atomic E-state index is 11.7. The molecule has 1 amide bonds. The Morgan fingerprint density at radius 3 is 2.94 bits per heavy atom. The third-order valence-corrected chi connectivity index (χ3v) is 4.08. The number of rotatable bonds is 4. The van der Waals surface area contributed by atoms with Gasteiger partial charge in [0.2, 0.25) is 5.91 Å². The number of carbonyl (C=O) groups is 1. The molecule has 2 aliphatic heterocycles. The summed E-state index contributed by atoms with van der Waals surface area (Å²) in [5.74, 6) is 0.205. The number of nitrogens with one attached hydrogen (secondary N) is 2. The SMILES string of the molecule is CCCN1CCCC(NC2CCCNC2=O)CC1. The molecule has 0 radical (unpaired) electrons. The van der Waals surface area contributed by atoms with Crippen molar-refractivity contribution >= 4 is 5.91 Å². The monoisotopic (exact) mass is 253 g/mol. The van der Waals surface area contributed by atoms with Crippen LogP contribution in [0.5, 0.6) is 0 Å². The van der Waals surface area contributed by atoms with Crippen LogP contribution in [0.15, 0.2) is 0 Å². The van der Waals surface area contributed by atoms with Crippen LogP contribution in [-0.2, 0) is 4.79 Å². The predicted molar refractivity (Wildman–Crippen MR) is 73.5 cm³/mol. The van der Waals surface area contributed by atoms with E-state index in [1.807, 2.05) is 0 Å². The molecule has 2 fully saturated rings. The second kappa shape index (κ2) is 7.10. The predicted octanol–water partition coefficient (Wildman–Crippen LogP) is 1.12. The smallest absolute Gasteiger partial charge is 0.237 e. The van der Waals surface area contributed by atoms with Crippen molar-refractivity contribution in [3.05, 3.63) is 0 Å². The Bertz CT molecular complexity index is 270. The maximum Gasteiger partial charge on any atom is 0.237 e. The fourth-order valence-corrected chi connectivity index (χ4v) is 3.08. The van der Waals surface area contributed by atoms with Gasteiger partial charge in [-0.3, -0.25) is 4.79 Å². The first-order chi connectivity index (χ1) is 8.79. The molecular formula is C14H27N3O. The molecule has 0 bridgehead atoms. The number of hydrogen-bond donors (Lipinski definition) is 2. The zero-order valence-corrected chi connectivity index (χ0v) is 11.6. The third-order valence-electron chi connectivity index (χ3n) is 4.08. The fraction of sp³-hybridized carbons (Fsp3) is 0.929. The van der Waals surface area contributed by atoms with Crippen molar-refractivity contribution in [2.45, 2.75) is 57.5 Å². The van der Waals surface area contributed by atoms with Crippen LogP contribution in [0.2, 0.25) is 0 Å². The molecule has 4 heteroatoms. The van der Waals surface area contributed by atoms with E-state index in [1.165, 1.54) is 45.3 Å². The van der Waals surface area contributed by atoms with Gasteiger partial charge in [0.1, 0.15) is 0 Å². The van der Waals surface area contributed by atoms with E-state index in [0.717, 1.165) is 19.4 Å². The summed E-state index contributed by atoms with van der Waals surface area (Å²) in [6.45, 7) is 6.72. The van der Waals surface area contributed by atoms with E-state index >= 15 is 0 Å². The third kappa shape index (κ3) is 3.95. The van der Waals surface area contributed by atoms with Crippen LogP contribution in [0.4, 0.5) is 0 Å². The summed E-state index contributed by atoms with van der Waals surface area (Å²) in [6.07, 6.45) is 7.00. The molecule has 2 N–H and O–H groups in total. The first kappa shape index (κ1) is 13.8. The number of piperidine rings is 1. The Balaban J connectivity index is 1.77. The molecule has 0 aromatic heterocycles. The molecule has 4 nitrogen and oxygen atoms in total.